The monoisotopic (exact) mass is 240 g/mol. The molecule has 1 saturated carbocycles. The Morgan fingerprint density at radius 1 is 1.69 bits per heavy atom. The first-order chi connectivity index (χ1) is 7.57. The second kappa shape index (κ2) is 4.18. The van der Waals surface area contributed by atoms with E-state index in [2.05, 4.69) is 6.92 Å². The summed E-state index contributed by atoms with van der Waals surface area (Å²) in [6, 6.07) is 1.58. The zero-order valence-electron chi connectivity index (χ0n) is 9.27. The van der Waals surface area contributed by atoms with Gasteiger partial charge in [-0.05, 0) is 36.6 Å². The van der Waals surface area contributed by atoms with Crippen molar-refractivity contribution in [3.05, 3.63) is 21.9 Å². The summed E-state index contributed by atoms with van der Waals surface area (Å²) in [5.41, 5.74) is -0.632. The van der Waals surface area contributed by atoms with Gasteiger partial charge < -0.3 is 10.2 Å². The first kappa shape index (κ1) is 11.6. The fourth-order valence-electron chi connectivity index (χ4n) is 2.52. The van der Waals surface area contributed by atoms with Gasteiger partial charge in [-0.2, -0.15) is 0 Å². The van der Waals surface area contributed by atoms with Crippen molar-refractivity contribution in [2.45, 2.75) is 38.2 Å². The second-order valence-electron chi connectivity index (χ2n) is 4.52. The van der Waals surface area contributed by atoms with E-state index < -0.39 is 11.6 Å². The van der Waals surface area contributed by atoms with E-state index in [1.807, 2.05) is 0 Å². The standard InChI is InChI=1S/C12H16O3S/c1-2-8-3-5-12(15,7-8)10-9(11(13)14)4-6-16-10/h4,6,8,15H,2-3,5,7H2,1H3,(H,13,14). The van der Waals surface area contributed by atoms with Crippen LogP contribution in [0.25, 0.3) is 0 Å². The van der Waals surface area contributed by atoms with E-state index in [0.29, 0.717) is 23.6 Å². The molecule has 2 unspecified atom stereocenters. The average Bonchev–Trinajstić information content (AvgIpc) is 2.84. The third-order valence-corrected chi connectivity index (χ3v) is 4.60. The smallest absolute Gasteiger partial charge is 0.336 e. The first-order valence-corrected chi connectivity index (χ1v) is 6.48. The molecule has 4 heteroatoms. The quantitative estimate of drug-likeness (QED) is 0.854. The van der Waals surface area contributed by atoms with Crippen LogP contribution >= 0.6 is 11.3 Å². The maximum absolute atomic E-state index is 11.0. The Bertz CT molecular complexity index is 399. The third-order valence-electron chi connectivity index (χ3n) is 3.49. The summed E-state index contributed by atoms with van der Waals surface area (Å²) in [7, 11) is 0. The molecule has 0 radical (unpaired) electrons. The number of aromatic carboxylic acids is 1. The van der Waals surface area contributed by atoms with Crippen LogP contribution in [0, 0.1) is 5.92 Å². The van der Waals surface area contributed by atoms with Crippen LogP contribution in [-0.4, -0.2) is 16.2 Å². The minimum absolute atomic E-state index is 0.268. The predicted molar refractivity (Wildman–Crippen MR) is 62.8 cm³/mol. The summed E-state index contributed by atoms with van der Waals surface area (Å²) < 4.78 is 0. The molecule has 0 saturated heterocycles. The summed E-state index contributed by atoms with van der Waals surface area (Å²) >= 11 is 1.36. The molecule has 3 nitrogen and oxygen atoms in total. The summed E-state index contributed by atoms with van der Waals surface area (Å²) in [6.45, 7) is 2.11. The van der Waals surface area contributed by atoms with Crippen molar-refractivity contribution in [1.29, 1.82) is 0 Å². The van der Waals surface area contributed by atoms with Gasteiger partial charge in [0.1, 0.15) is 0 Å². The Hall–Kier alpha value is -0.870. The SMILES string of the molecule is CCC1CCC(O)(c2sccc2C(=O)O)C1. The van der Waals surface area contributed by atoms with Crippen molar-refractivity contribution in [3.8, 4) is 0 Å². The number of hydrogen-bond donors (Lipinski definition) is 2. The molecule has 1 aromatic heterocycles. The number of carboxylic acids is 1. The zero-order chi connectivity index (χ0) is 11.8. The molecule has 1 aliphatic rings. The normalized spacial score (nSPS) is 29.5. The summed E-state index contributed by atoms with van der Waals surface area (Å²) in [5.74, 6) is -0.418. The molecule has 1 aliphatic carbocycles. The second-order valence-corrected chi connectivity index (χ2v) is 5.43. The number of thiophene rings is 1. The van der Waals surface area contributed by atoms with Crippen LogP contribution in [0.5, 0.6) is 0 Å². The minimum atomic E-state index is -0.940. The van der Waals surface area contributed by atoms with Crippen LogP contribution in [0.15, 0.2) is 11.4 Å². The van der Waals surface area contributed by atoms with E-state index in [1.54, 1.807) is 11.4 Å². The van der Waals surface area contributed by atoms with Crippen molar-refractivity contribution in [2.24, 2.45) is 5.92 Å². The zero-order valence-corrected chi connectivity index (χ0v) is 10.1. The van der Waals surface area contributed by atoms with Gasteiger partial charge in [0, 0.05) is 0 Å². The van der Waals surface area contributed by atoms with Crippen LogP contribution in [-0.2, 0) is 5.60 Å². The minimum Gasteiger partial charge on any atom is -0.478 e. The van der Waals surface area contributed by atoms with Crippen LogP contribution < -0.4 is 0 Å². The lowest BCUT2D eigenvalue weighted by molar-refractivity contribution is 0.0404. The molecule has 16 heavy (non-hydrogen) atoms. The lowest BCUT2D eigenvalue weighted by Gasteiger charge is -2.22. The fraction of sp³-hybridized carbons (Fsp3) is 0.583. The highest BCUT2D eigenvalue weighted by Gasteiger charge is 2.41. The number of carboxylic acid groups (broad SMARTS) is 1. The largest absolute Gasteiger partial charge is 0.478 e. The van der Waals surface area contributed by atoms with Crippen LogP contribution in [0.2, 0.25) is 0 Å². The van der Waals surface area contributed by atoms with Crippen LogP contribution in [0.4, 0.5) is 0 Å². The fourth-order valence-corrected chi connectivity index (χ4v) is 3.54. The lowest BCUT2D eigenvalue weighted by Crippen LogP contribution is -2.23. The Balaban J connectivity index is 2.30. The molecule has 0 spiro atoms. The third kappa shape index (κ3) is 1.87. The van der Waals surface area contributed by atoms with Gasteiger partial charge in [0.15, 0.2) is 0 Å². The number of rotatable bonds is 3. The maximum atomic E-state index is 11.0. The van der Waals surface area contributed by atoms with Crippen LogP contribution in [0.3, 0.4) is 0 Å². The Labute approximate surface area is 98.7 Å². The topological polar surface area (TPSA) is 57.5 Å². The van der Waals surface area contributed by atoms with E-state index in [9.17, 15) is 9.90 Å². The van der Waals surface area contributed by atoms with E-state index in [4.69, 9.17) is 5.11 Å². The molecular weight excluding hydrogens is 224 g/mol. The van der Waals surface area contributed by atoms with E-state index in [0.717, 1.165) is 12.8 Å². The Kier molecular flexibility index (Phi) is 3.04. The van der Waals surface area contributed by atoms with Gasteiger partial charge in [0.05, 0.1) is 16.0 Å². The predicted octanol–water partition coefficient (Wildman–Crippen LogP) is 2.84. The molecule has 2 rings (SSSR count). The number of carbonyl (C=O) groups is 1. The molecule has 1 aromatic rings. The van der Waals surface area contributed by atoms with E-state index in [1.165, 1.54) is 11.3 Å². The van der Waals surface area contributed by atoms with Gasteiger partial charge in [-0.3, -0.25) is 0 Å². The van der Waals surface area contributed by atoms with Gasteiger partial charge in [-0.25, -0.2) is 4.79 Å². The van der Waals surface area contributed by atoms with E-state index in [-0.39, 0.29) is 5.56 Å². The lowest BCUT2D eigenvalue weighted by atomic mass is 9.95. The number of aliphatic hydroxyl groups is 1. The maximum Gasteiger partial charge on any atom is 0.336 e. The van der Waals surface area contributed by atoms with Crippen molar-refractivity contribution >= 4 is 17.3 Å². The highest BCUT2D eigenvalue weighted by Crippen LogP contribution is 2.46. The van der Waals surface area contributed by atoms with Crippen molar-refractivity contribution < 1.29 is 15.0 Å². The van der Waals surface area contributed by atoms with Gasteiger partial charge >= 0.3 is 5.97 Å². The van der Waals surface area contributed by atoms with Crippen molar-refractivity contribution in [3.63, 3.8) is 0 Å². The molecule has 88 valence electrons. The highest BCUT2D eigenvalue weighted by atomic mass is 32.1. The first-order valence-electron chi connectivity index (χ1n) is 5.60. The molecule has 2 atom stereocenters. The van der Waals surface area contributed by atoms with E-state index >= 15 is 0 Å². The molecular formula is C12H16O3S. The molecule has 0 amide bonds. The van der Waals surface area contributed by atoms with Crippen LogP contribution in [0.1, 0.15) is 47.8 Å². The van der Waals surface area contributed by atoms with Crippen molar-refractivity contribution in [2.75, 3.05) is 0 Å². The van der Waals surface area contributed by atoms with Gasteiger partial charge in [0.25, 0.3) is 0 Å². The van der Waals surface area contributed by atoms with Gasteiger partial charge in [-0.15, -0.1) is 11.3 Å². The summed E-state index contributed by atoms with van der Waals surface area (Å²) in [6.07, 6.45) is 3.43. The van der Waals surface area contributed by atoms with Gasteiger partial charge in [0.2, 0.25) is 0 Å². The number of hydrogen-bond acceptors (Lipinski definition) is 3. The molecule has 2 N–H and O–H groups in total. The molecule has 0 bridgehead atoms. The summed E-state index contributed by atoms with van der Waals surface area (Å²) in [5, 5.41) is 21.3. The molecule has 0 aromatic carbocycles. The Morgan fingerprint density at radius 3 is 3.00 bits per heavy atom. The average molecular weight is 240 g/mol. The Morgan fingerprint density at radius 2 is 2.44 bits per heavy atom. The van der Waals surface area contributed by atoms with Gasteiger partial charge in [-0.1, -0.05) is 13.3 Å². The summed E-state index contributed by atoms with van der Waals surface area (Å²) in [4.78, 5) is 11.7. The van der Waals surface area contributed by atoms with Crippen molar-refractivity contribution in [1.82, 2.24) is 0 Å². The molecule has 1 fully saturated rings. The molecule has 0 aliphatic heterocycles. The molecule has 1 heterocycles. The highest BCUT2D eigenvalue weighted by molar-refractivity contribution is 7.10.